The van der Waals surface area contributed by atoms with Crippen molar-refractivity contribution in [2.75, 3.05) is 13.3 Å². The highest BCUT2D eigenvalue weighted by Gasteiger charge is 2.15. The van der Waals surface area contributed by atoms with Gasteiger partial charge in [0.1, 0.15) is 7.14 Å². The van der Waals surface area contributed by atoms with E-state index in [1.807, 2.05) is 31.5 Å². The van der Waals surface area contributed by atoms with E-state index < -0.39 is 7.14 Å². The smallest absolute Gasteiger partial charge is 0.110 e. The second kappa shape index (κ2) is 19.7. The van der Waals surface area contributed by atoms with Crippen LogP contribution in [0.15, 0.2) is 109 Å². The van der Waals surface area contributed by atoms with Gasteiger partial charge in [-0.2, -0.15) is 0 Å². The van der Waals surface area contributed by atoms with Gasteiger partial charge in [-0.25, -0.2) is 0 Å². The zero-order valence-corrected chi connectivity index (χ0v) is 34.5. The molecule has 2 aromatic heterocycles. The molecule has 0 aliphatic carbocycles. The van der Waals surface area contributed by atoms with Crippen molar-refractivity contribution in [3.05, 3.63) is 137 Å². The Labute approximate surface area is 310 Å². The third-order valence-corrected chi connectivity index (χ3v) is 10.6. The largest absolute Gasteiger partial charge is 0.361 e. The second-order valence-electron chi connectivity index (χ2n) is 15.7. The first-order valence-electron chi connectivity index (χ1n) is 18.9. The molecule has 0 aliphatic heterocycles. The van der Waals surface area contributed by atoms with Crippen LogP contribution in [0.4, 0.5) is 0 Å². The van der Waals surface area contributed by atoms with E-state index in [2.05, 4.69) is 170 Å². The van der Waals surface area contributed by atoms with E-state index >= 15 is 0 Å². The number of nitrogens with one attached hydrogen (secondary N) is 1. The highest BCUT2D eigenvalue weighted by molar-refractivity contribution is 7.70. The van der Waals surface area contributed by atoms with Gasteiger partial charge in [-0.05, 0) is 96.2 Å². The Bertz CT molecular complexity index is 1970. The Morgan fingerprint density at radius 1 is 0.647 bits per heavy atom. The minimum absolute atomic E-state index is 0.598. The van der Waals surface area contributed by atoms with Crippen LogP contribution in [-0.2, 0) is 30.9 Å². The molecule has 0 atom stereocenters. The van der Waals surface area contributed by atoms with Crippen LogP contribution < -0.4 is 5.30 Å². The van der Waals surface area contributed by atoms with E-state index in [0.29, 0.717) is 17.8 Å². The zero-order chi connectivity index (χ0) is 37.7. The summed E-state index contributed by atoms with van der Waals surface area (Å²) in [5, 5.41) is 3.79. The van der Waals surface area contributed by atoms with Crippen molar-refractivity contribution in [3.8, 4) is 0 Å². The van der Waals surface area contributed by atoms with Crippen LogP contribution in [0.5, 0.6) is 0 Å². The molecule has 1 N–H and O–H groups in total. The SMILES string of the molecule is CC(C)Cc1ccccc1P(C)(C)=O.CC(C)c1c[nH]c2ccccc12.CC(C)c1cn(C)c2ccccc12.CCc1cccc(CC(C)C)c1. The van der Waals surface area contributed by atoms with Crippen molar-refractivity contribution in [2.45, 2.75) is 93.4 Å². The van der Waals surface area contributed by atoms with Gasteiger partial charge in [0, 0.05) is 46.6 Å². The predicted molar refractivity (Wildman–Crippen MR) is 228 cm³/mol. The standard InChI is InChI=1S/C12H15N.C12H19OP.C12H18.C11H13N/c1-9(2)11-8-13(3)12-7-5-4-6-10(11)12;1-10(2)9-11-7-5-6-8-12(11)14(3,4)13;1-4-11-6-5-7-12(9-11)8-10(2)3;1-8(2)10-7-12-11-6-4-3-5-9(10)11/h4-9H,1-3H3;5-8,10H,9H2,1-4H3;5-7,9-10H,4,8H2,1-3H3;3-8,12H,1-2H3. The topological polar surface area (TPSA) is 37.8 Å². The summed E-state index contributed by atoms with van der Waals surface area (Å²) in [5.41, 5.74) is 9.59. The lowest BCUT2D eigenvalue weighted by Crippen LogP contribution is -2.12. The van der Waals surface area contributed by atoms with E-state index in [1.54, 1.807) is 0 Å². The quantitative estimate of drug-likeness (QED) is 0.157. The Morgan fingerprint density at radius 2 is 1.22 bits per heavy atom. The predicted octanol–water partition coefficient (Wildman–Crippen LogP) is 13.2. The third-order valence-electron chi connectivity index (χ3n) is 9.04. The minimum Gasteiger partial charge on any atom is -0.361 e. The fourth-order valence-corrected chi connectivity index (χ4v) is 7.80. The number of hydrogen-bond donors (Lipinski definition) is 1. The zero-order valence-electron chi connectivity index (χ0n) is 33.6. The molecule has 0 fully saturated rings. The Hall–Kier alpha value is -3.81. The van der Waals surface area contributed by atoms with Gasteiger partial charge in [-0.1, -0.05) is 147 Å². The van der Waals surface area contributed by atoms with Crippen molar-refractivity contribution >= 4 is 34.3 Å². The average Bonchev–Trinajstić information content (AvgIpc) is 3.67. The normalized spacial score (nSPS) is 11.4. The molecular weight excluding hydrogens is 640 g/mol. The molecule has 0 amide bonds. The number of rotatable bonds is 8. The first-order chi connectivity index (χ1) is 24.1. The van der Waals surface area contributed by atoms with Gasteiger partial charge in [0.05, 0.1) is 0 Å². The highest BCUT2D eigenvalue weighted by Crippen LogP contribution is 2.36. The average molecular weight is 705 g/mol. The fraction of sp³-hybridized carbons (Fsp3) is 0.404. The number of hydrogen-bond acceptors (Lipinski definition) is 1. The number of aryl methyl sites for hydroxylation is 2. The molecule has 4 aromatic carbocycles. The Kier molecular flexibility index (Phi) is 16.1. The van der Waals surface area contributed by atoms with Crippen molar-refractivity contribution in [1.82, 2.24) is 9.55 Å². The van der Waals surface area contributed by atoms with Crippen LogP contribution in [0.2, 0.25) is 0 Å². The summed E-state index contributed by atoms with van der Waals surface area (Å²) in [6.45, 7) is 23.7. The number of aromatic amines is 1. The maximum absolute atomic E-state index is 12.0. The van der Waals surface area contributed by atoms with Crippen LogP contribution in [0.25, 0.3) is 21.8 Å². The van der Waals surface area contributed by atoms with Crippen LogP contribution in [0.1, 0.15) is 102 Å². The maximum atomic E-state index is 12.0. The first-order valence-corrected chi connectivity index (χ1v) is 21.5. The van der Waals surface area contributed by atoms with Crippen LogP contribution in [0, 0.1) is 11.8 Å². The molecule has 0 radical (unpaired) electrons. The number of benzene rings is 4. The monoisotopic (exact) mass is 704 g/mol. The van der Waals surface area contributed by atoms with Crippen LogP contribution in [-0.4, -0.2) is 22.9 Å². The molecule has 274 valence electrons. The molecule has 4 heteroatoms. The molecule has 3 nitrogen and oxygen atoms in total. The summed E-state index contributed by atoms with van der Waals surface area (Å²) >= 11 is 0. The number of fused-ring (bicyclic) bond motifs is 2. The summed E-state index contributed by atoms with van der Waals surface area (Å²) in [6, 6.07) is 34.0. The summed E-state index contributed by atoms with van der Waals surface area (Å²) in [4.78, 5) is 3.27. The molecule has 2 heterocycles. The van der Waals surface area contributed by atoms with Crippen molar-refractivity contribution in [1.29, 1.82) is 0 Å². The van der Waals surface area contributed by atoms with Crippen molar-refractivity contribution in [3.63, 3.8) is 0 Å². The fourth-order valence-electron chi connectivity index (χ4n) is 6.50. The second-order valence-corrected chi connectivity index (χ2v) is 18.8. The number of para-hydroxylation sites is 2. The molecule has 6 aromatic rings. The Morgan fingerprint density at radius 3 is 1.82 bits per heavy atom. The van der Waals surface area contributed by atoms with Crippen molar-refractivity contribution < 1.29 is 4.57 Å². The molecule has 51 heavy (non-hydrogen) atoms. The van der Waals surface area contributed by atoms with Gasteiger partial charge < -0.3 is 14.1 Å². The summed E-state index contributed by atoms with van der Waals surface area (Å²) in [5.74, 6) is 2.58. The molecule has 0 unspecified atom stereocenters. The van der Waals surface area contributed by atoms with E-state index in [4.69, 9.17) is 0 Å². The van der Waals surface area contributed by atoms with Gasteiger partial charge in [0.15, 0.2) is 0 Å². The van der Waals surface area contributed by atoms with E-state index in [1.165, 1.54) is 56.0 Å². The number of nitrogens with zero attached hydrogens (tertiary/aromatic N) is 1. The molecule has 0 spiro atoms. The maximum Gasteiger partial charge on any atom is 0.110 e. The highest BCUT2D eigenvalue weighted by atomic mass is 31.2. The van der Waals surface area contributed by atoms with Crippen molar-refractivity contribution in [2.24, 2.45) is 18.9 Å². The third kappa shape index (κ3) is 12.7. The molecule has 0 bridgehead atoms. The van der Waals surface area contributed by atoms with Gasteiger partial charge in [0.25, 0.3) is 0 Å². The Balaban J connectivity index is 0.000000184. The molecule has 6 rings (SSSR count). The van der Waals surface area contributed by atoms with E-state index in [9.17, 15) is 4.57 Å². The van der Waals surface area contributed by atoms with E-state index in [0.717, 1.165) is 24.1 Å². The summed E-state index contributed by atoms with van der Waals surface area (Å²) in [7, 11) is -0.00654. The number of aromatic nitrogens is 2. The number of H-pyrrole nitrogens is 1. The lowest BCUT2D eigenvalue weighted by Gasteiger charge is -2.14. The lowest BCUT2D eigenvalue weighted by atomic mass is 10.0. The van der Waals surface area contributed by atoms with Gasteiger partial charge in [-0.3, -0.25) is 0 Å². The van der Waals surface area contributed by atoms with Gasteiger partial charge >= 0.3 is 0 Å². The molecule has 0 aliphatic rings. The van der Waals surface area contributed by atoms with Crippen LogP contribution >= 0.6 is 7.14 Å². The molecule has 0 saturated carbocycles. The first kappa shape index (κ1) is 41.6. The van der Waals surface area contributed by atoms with E-state index in [-0.39, 0.29) is 0 Å². The summed E-state index contributed by atoms with van der Waals surface area (Å²) < 4.78 is 14.2. The lowest BCUT2D eigenvalue weighted by molar-refractivity contribution is 0.587. The molecule has 0 saturated heterocycles. The summed E-state index contributed by atoms with van der Waals surface area (Å²) in [6.07, 6.45) is 7.70. The van der Waals surface area contributed by atoms with Crippen LogP contribution in [0.3, 0.4) is 0 Å². The molecular formula is C47H65N2OP. The van der Waals surface area contributed by atoms with Gasteiger partial charge in [0.2, 0.25) is 0 Å². The van der Waals surface area contributed by atoms with Gasteiger partial charge in [-0.15, -0.1) is 0 Å². The minimum atomic E-state index is -2.11.